The number of nitrogens with one attached hydrogen (secondary N) is 2. The number of hydrogen-bond acceptors (Lipinski definition) is 5. The van der Waals surface area contributed by atoms with Crippen LogP contribution in [-0.2, 0) is 10.0 Å². The Morgan fingerprint density at radius 3 is 2.29 bits per heavy atom. The summed E-state index contributed by atoms with van der Waals surface area (Å²) in [5.41, 5.74) is 1.46. The van der Waals surface area contributed by atoms with Crippen LogP contribution in [0.2, 0.25) is 0 Å². The summed E-state index contributed by atoms with van der Waals surface area (Å²) in [5, 5.41) is 2.83. The maximum atomic E-state index is 13.6. The molecule has 0 saturated heterocycles. The number of ether oxygens (including phenoxy) is 1. The predicted molar refractivity (Wildman–Crippen MR) is 130 cm³/mol. The van der Waals surface area contributed by atoms with Crippen molar-refractivity contribution in [1.82, 2.24) is 10.2 Å². The number of hydrogen-bond donors (Lipinski definition) is 2. The average molecular weight is 486 g/mol. The average Bonchev–Trinajstić information content (AvgIpc) is 2.80. The maximum Gasteiger partial charge on any atom is 0.261 e. The molecule has 34 heavy (non-hydrogen) atoms. The van der Waals surface area contributed by atoms with Crippen molar-refractivity contribution < 1.29 is 22.3 Å². The van der Waals surface area contributed by atoms with Gasteiger partial charge < -0.3 is 15.0 Å². The van der Waals surface area contributed by atoms with Gasteiger partial charge in [-0.3, -0.25) is 9.52 Å². The van der Waals surface area contributed by atoms with Crippen LogP contribution < -0.4 is 14.8 Å². The molecule has 0 heterocycles. The van der Waals surface area contributed by atoms with Crippen LogP contribution in [0.3, 0.4) is 0 Å². The molecule has 7 nitrogen and oxygen atoms in total. The lowest BCUT2D eigenvalue weighted by Gasteiger charge is -2.25. The van der Waals surface area contributed by atoms with Crippen molar-refractivity contribution in [3.05, 3.63) is 89.7 Å². The molecule has 9 heteroatoms. The zero-order valence-electron chi connectivity index (χ0n) is 19.3. The first-order valence-electron chi connectivity index (χ1n) is 10.8. The van der Waals surface area contributed by atoms with Crippen molar-refractivity contribution in [1.29, 1.82) is 0 Å². The van der Waals surface area contributed by atoms with Gasteiger partial charge in [0, 0.05) is 17.8 Å². The van der Waals surface area contributed by atoms with Gasteiger partial charge in [0.25, 0.3) is 15.9 Å². The molecule has 0 aliphatic heterocycles. The van der Waals surface area contributed by atoms with Gasteiger partial charge in [-0.25, -0.2) is 12.8 Å². The molecule has 0 spiro atoms. The molecular formula is C25H28FN3O4S. The number of sulfonamides is 1. The molecule has 3 rings (SSSR count). The molecule has 2 N–H and O–H groups in total. The van der Waals surface area contributed by atoms with Crippen LogP contribution in [0.4, 0.5) is 10.1 Å². The third-order valence-electron chi connectivity index (χ3n) is 5.16. The zero-order valence-corrected chi connectivity index (χ0v) is 20.1. The normalized spacial score (nSPS) is 12.3. The Balaban J connectivity index is 1.65. The molecule has 0 radical (unpaired) electrons. The van der Waals surface area contributed by atoms with E-state index in [0.717, 1.165) is 5.56 Å². The van der Waals surface area contributed by atoms with E-state index in [9.17, 15) is 17.6 Å². The molecule has 1 atom stereocenters. The Hall–Kier alpha value is -3.43. The van der Waals surface area contributed by atoms with Gasteiger partial charge in [-0.2, -0.15) is 0 Å². The Kier molecular flexibility index (Phi) is 8.25. The highest BCUT2D eigenvalue weighted by molar-refractivity contribution is 7.92. The number of anilines is 1. The van der Waals surface area contributed by atoms with Crippen LogP contribution in [-0.4, -0.2) is 46.5 Å². The molecule has 0 aliphatic carbocycles. The highest BCUT2D eigenvalue weighted by Crippen LogP contribution is 2.21. The van der Waals surface area contributed by atoms with Gasteiger partial charge in [0.15, 0.2) is 0 Å². The Morgan fingerprint density at radius 2 is 1.71 bits per heavy atom. The number of halogens is 1. The molecule has 0 saturated carbocycles. The van der Waals surface area contributed by atoms with Crippen LogP contribution in [0.25, 0.3) is 0 Å². The fourth-order valence-corrected chi connectivity index (χ4v) is 4.45. The van der Waals surface area contributed by atoms with E-state index in [4.69, 9.17) is 4.74 Å². The second-order valence-electron chi connectivity index (χ2n) is 7.83. The first kappa shape index (κ1) is 25.2. The Morgan fingerprint density at radius 1 is 1.03 bits per heavy atom. The topological polar surface area (TPSA) is 87.7 Å². The first-order valence-corrected chi connectivity index (χ1v) is 12.2. The van der Waals surface area contributed by atoms with E-state index >= 15 is 0 Å². The maximum absolute atomic E-state index is 13.6. The van der Waals surface area contributed by atoms with Gasteiger partial charge >= 0.3 is 0 Å². The van der Waals surface area contributed by atoms with Gasteiger partial charge in [0.2, 0.25) is 0 Å². The Bertz CT molecular complexity index is 1210. The van der Waals surface area contributed by atoms with Crippen molar-refractivity contribution in [2.24, 2.45) is 0 Å². The van der Waals surface area contributed by atoms with E-state index in [1.54, 1.807) is 36.4 Å². The molecule has 3 aromatic carbocycles. The molecule has 3 aromatic rings. The molecular weight excluding hydrogens is 457 g/mol. The van der Waals surface area contributed by atoms with Crippen molar-refractivity contribution in [2.45, 2.75) is 17.9 Å². The fourth-order valence-electron chi connectivity index (χ4n) is 3.39. The van der Waals surface area contributed by atoms with Crippen molar-refractivity contribution >= 4 is 21.6 Å². The molecule has 1 unspecified atom stereocenters. The summed E-state index contributed by atoms with van der Waals surface area (Å²) < 4.78 is 46.8. The summed E-state index contributed by atoms with van der Waals surface area (Å²) in [5.74, 6) is -0.0484. The minimum atomic E-state index is -3.82. The largest absolute Gasteiger partial charge is 0.494 e. The van der Waals surface area contributed by atoms with Crippen LogP contribution in [0.15, 0.2) is 77.7 Å². The quantitative estimate of drug-likeness (QED) is 0.452. The van der Waals surface area contributed by atoms with Crippen LogP contribution in [0.1, 0.15) is 28.9 Å². The predicted octanol–water partition coefficient (Wildman–Crippen LogP) is 4.06. The van der Waals surface area contributed by atoms with E-state index in [1.165, 1.54) is 36.4 Å². The van der Waals surface area contributed by atoms with Crippen molar-refractivity contribution in [3.63, 3.8) is 0 Å². The molecule has 0 bridgehead atoms. The fraction of sp³-hybridized carbons (Fsp3) is 0.240. The number of amides is 1. The van der Waals surface area contributed by atoms with Crippen LogP contribution >= 0.6 is 0 Å². The third kappa shape index (κ3) is 6.55. The summed E-state index contributed by atoms with van der Waals surface area (Å²) in [4.78, 5) is 14.5. The Labute approximate surface area is 199 Å². The molecule has 1 amide bonds. The number of carbonyl (C=O) groups excluding carboxylic acids is 1. The molecule has 0 fully saturated rings. The van der Waals surface area contributed by atoms with E-state index in [0.29, 0.717) is 23.6 Å². The van der Waals surface area contributed by atoms with E-state index in [2.05, 4.69) is 10.0 Å². The number of likely N-dealkylation sites (N-methyl/N-ethyl adjacent to an activating group) is 1. The number of carbonyl (C=O) groups is 1. The molecule has 0 aromatic heterocycles. The number of rotatable bonds is 10. The second-order valence-corrected chi connectivity index (χ2v) is 9.51. The smallest absolute Gasteiger partial charge is 0.261 e. The van der Waals surface area contributed by atoms with Crippen LogP contribution in [0.5, 0.6) is 5.75 Å². The van der Waals surface area contributed by atoms with E-state index < -0.39 is 10.0 Å². The van der Waals surface area contributed by atoms with Gasteiger partial charge in [-0.05, 0) is 87.2 Å². The molecule has 0 aliphatic rings. The lowest BCUT2D eigenvalue weighted by Crippen LogP contribution is -2.34. The van der Waals surface area contributed by atoms with Crippen LogP contribution in [0, 0.1) is 5.82 Å². The lowest BCUT2D eigenvalue weighted by atomic mass is 10.1. The van der Waals surface area contributed by atoms with Gasteiger partial charge in [0.05, 0.1) is 17.5 Å². The van der Waals surface area contributed by atoms with E-state index in [-0.39, 0.29) is 29.2 Å². The third-order valence-corrected chi connectivity index (χ3v) is 6.55. The highest BCUT2D eigenvalue weighted by Gasteiger charge is 2.18. The van der Waals surface area contributed by atoms with Gasteiger partial charge in [-0.15, -0.1) is 0 Å². The number of benzene rings is 3. The monoisotopic (exact) mass is 485 g/mol. The van der Waals surface area contributed by atoms with Crippen molar-refractivity contribution in [2.75, 3.05) is 32.0 Å². The van der Waals surface area contributed by atoms with Gasteiger partial charge in [0.1, 0.15) is 11.6 Å². The number of nitrogens with zero attached hydrogens (tertiary/aromatic N) is 1. The summed E-state index contributed by atoms with van der Waals surface area (Å²) in [6.45, 7) is 2.64. The summed E-state index contributed by atoms with van der Waals surface area (Å²) in [6, 6.07) is 18.3. The lowest BCUT2D eigenvalue weighted by molar-refractivity contribution is 0.0942. The standard InChI is InChI=1S/C25H28FN3O4S/c1-4-33-22-12-10-21(11-13-22)28-34(31,32)23-14-8-18(9-15-23)25(30)27-17-24(29(2)3)19-6-5-7-20(26)16-19/h5-16,24,28H,4,17H2,1-3H3,(H,27,30). The van der Waals surface area contributed by atoms with Crippen molar-refractivity contribution in [3.8, 4) is 5.75 Å². The minimum Gasteiger partial charge on any atom is -0.494 e. The zero-order chi connectivity index (χ0) is 24.7. The minimum absolute atomic E-state index is 0.0314. The molecule has 180 valence electrons. The van der Waals surface area contributed by atoms with Gasteiger partial charge in [-0.1, -0.05) is 12.1 Å². The second kappa shape index (κ2) is 11.1. The summed E-state index contributed by atoms with van der Waals surface area (Å²) in [6.07, 6.45) is 0. The summed E-state index contributed by atoms with van der Waals surface area (Å²) >= 11 is 0. The highest BCUT2D eigenvalue weighted by atomic mass is 32.2. The SMILES string of the molecule is CCOc1ccc(NS(=O)(=O)c2ccc(C(=O)NCC(c3cccc(F)c3)N(C)C)cc2)cc1. The first-order chi connectivity index (χ1) is 16.2. The van der Waals surface area contributed by atoms with E-state index in [1.807, 2.05) is 25.9 Å². The summed E-state index contributed by atoms with van der Waals surface area (Å²) in [7, 11) is -0.131.